The molecule has 3 nitrogen and oxygen atoms in total. The highest BCUT2D eigenvalue weighted by molar-refractivity contribution is 5.77. The molecular weight excluding hydrogens is 283 g/mol. The van der Waals surface area contributed by atoms with E-state index in [-0.39, 0.29) is 6.61 Å². The quantitative estimate of drug-likeness (QED) is 0.753. The summed E-state index contributed by atoms with van der Waals surface area (Å²) < 4.78 is 43.3. The first-order chi connectivity index (χ1) is 9.76. The summed E-state index contributed by atoms with van der Waals surface area (Å²) >= 11 is 0. The van der Waals surface area contributed by atoms with Crippen molar-refractivity contribution in [3.05, 3.63) is 35.9 Å². The normalized spacial score (nSPS) is 13.5. The van der Waals surface area contributed by atoms with E-state index in [1.165, 1.54) is 0 Å². The van der Waals surface area contributed by atoms with E-state index in [1.807, 2.05) is 0 Å². The summed E-state index contributed by atoms with van der Waals surface area (Å²) in [4.78, 5) is 13.2. The maximum absolute atomic E-state index is 12.8. The number of benzene rings is 1. The van der Waals surface area contributed by atoms with E-state index < -0.39 is 30.8 Å². The van der Waals surface area contributed by atoms with Crippen LogP contribution in [0.4, 0.5) is 13.2 Å². The summed E-state index contributed by atoms with van der Waals surface area (Å²) in [6.07, 6.45) is -4.39. The van der Waals surface area contributed by atoms with Crippen molar-refractivity contribution < 1.29 is 22.7 Å². The maximum Gasteiger partial charge on any atom is 0.401 e. The predicted octanol–water partition coefficient (Wildman–Crippen LogP) is 3.56. The Kier molecular flexibility index (Phi) is 6.20. The van der Waals surface area contributed by atoms with Crippen molar-refractivity contribution in [1.82, 2.24) is 4.90 Å². The molecule has 21 heavy (non-hydrogen) atoms. The molecule has 1 rings (SSSR count). The van der Waals surface area contributed by atoms with Gasteiger partial charge in [-0.15, -0.1) is 0 Å². The van der Waals surface area contributed by atoms with Crippen LogP contribution in [0.5, 0.6) is 0 Å². The summed E-state index contributed by atoms with van der Waals surface area (Å²) in [6.45, 7) is 3.84. The molecule has 0 bridgehead atoms. The van der Waals surface area contributed by atoms with Crippen LogP contribution in [0, 0.1) is 0 Å². The lowest BCUT2D eigenvalue weighted by atomic mass is 10.0. The average Bonchev–Trinajstić information content (AvgIpc) is 2.38. The highest BCUT2D eigenvalue weighted by Crippen LogP contribution is 2.28. The second-order valence-electron chi connectivity index (χ2n) is 4.95. The Balaban J connectivity index is 3.16. The summed E-state index contributed by atoms with van der Waals surface area (Å²) in [5.74, 6) is -0.665. The van der Waals surface area contributed by atoms with Crippen LogP contribution < -0.4 is 0 Å². The molecule has 0 N–H and O–H groups in total. The zero-order valence-corrected chi connectivity index (χ0v) is 12.4. The van der Waals surface area contributed by atoms with E-state index in [0.717, 1.165) is 4.90 Å². The van der Waals surface area contributed by atoms with Gasteiger partial charge < -0.3 is 4.74 Å². The van der Waals surface area contributed by atoms with Gasteiger partial charge in [0, 0.05) is 6.04 Å². The van der Waals surface area contributed by atoms with E-state index in [4.69, 9.17) is 4.74 Å². The first-order valence-electron chi connectivity index (χ1n) is 6.80. The van der Waals surface area contributed by atoms with Gasteiger partial charge in [0.1, 0.15) is 6.04 Å². The van der Waals surface area contributed by atoms with Crippen LogP contribution in [0.2, 0.25) is 0 Å². The molecule has 1 unspecified atom stereocenters. The van der Waals surface area contributed by atoms with Crippen molar-refractivity contribution >= 4 is 5.97 Å². The van der Waals surface area contributed by atoms with Gasteiger partial charge in [0.2, 0.25) is 0 Å². The van der Waals surface area contributed by atoms with Gasteiger partial charge in [0.15, 0.2) is 0 Å². The Labute approximate surface area is 122 Å². The Morgan fingerprint density at radius 3 is 2.24 bits per heavy atom. The molecule has 0 aliphatic rings. The number of carbonyl (C=O) groups excluding carboxylic acids is 1. The molecule has 0 aliphatic heterocycles. The van der Waals surface area contributed by atoms with Crippen molar-refractivity contribution in [1.29, 1.82) is 0 Å². The lowest BCUT2D eigenvalue weighted by molar-refractivity contribution is -0.169. The predicted molar refractivity (Wildman–Crippen MR) is 73.7 cm³/mol. The van der Waals surface area contributed by atoms with Gasteiger partial charge >= 0.3 is 12.1 Å². The largest absolute Gasteiger partial charge is 0.465 e. The van der Waals surface area contributed by atoms with Crippen LogP contribution >= 0.6 is 0 Å². The van der Waals surface area contributed by atoms with Crippen molar-refractivity contribution in [2.45, 2.75) is 39.0 Å². The Morgan fingerprint density at radius 1 is 1.24 bits per heavy atom. The molecule has 0 fully saturated rings. The average molecular weight is 303 g/mol. The number of hydrogen-bond acceptors (Lipinski definition) is 3. The minimum atomic E-state index is -4.39. The molecule has 118 valence electrons. The van der Waals surface area contributed by atoms with Crippen LogP contribution in [0.15, 0.2) is 30.3 Å². The van der Waals surface area contributed by atoms with Crippen LogP contribution in [0.3, 0.4) is 0 Å². The lowest BCUT2D eigenvalue weighted by Crippen LogP contribution is -2.45. The topological polar surface area (TPSA) is 29.5 Å². The second-order valence-corrected chi connectivity index (χ2v) is 4.95. The summed E-state index contributed by atoms with van der Waals surface area (Å²) in [7, 11) is 0. The first kappa shape index (κ1) is 17.5. The molecule has 6 heteroatoms. The summed E-state index contributed by atoms with van der Waals surface area (Å²) in [6, 6.07) is 6.87. The van der Waals surface area contributed by atoms with Gasteiger partial charge in [-0.2, -0.15) is 13.2 Å². The van der Waals surface area contributed by atoms with Gasteiger partial charge in [-0.3, -0.25) is 4.90 Å². The van der Waals surface area contributed by atoms with E-state index >= 15 is 0 Å². The molecule has 1 aromatic carbocycles. The molecule has 1 aromatic rings. The SMILES string of the molecule is CCOC(=O)C(c1ccccc1)N(CC(F)(F)F)C(C)C. The second kappa shape index (κ2) is 7.45. The van der Waals surface area contributed by atoms with E-state index in [2.05, 4.69) is 0 Å². The lowest BCUT2D eigenvalue weighted by Gasteiger charge is -2.34. The van der Waals surface area contributed by atoms with Crippen molar-refractivity contribution in [3.63, 3.8) is 0 Å². The summed E-state index contributed by atoms with van der Waals surface area (Å²) in [5.41, 5.74) is 0.494. The fourth-order valence-corrected chi connectivity index (χ4v) is 2.10. The highest BCUT2D eigenvalue weighted by Gasteiger charge is 2.39. The number of carbonyl (C=O) groups is 1. The molecule has 0 saturated carbocycles. The zero-order valence-electron chi connectivity index (χ0n) is 12.4. The van der Waals surface area contributed by atoms with Gasteiger partial charge in [0.05, 0.1) is 13.2 Å². The van der Waals surface area contributed by atoms with Crippen molar-refractivity contribution in [3.8, 4) is 0 Å². The molecular formula is C15H20F3NO2. The molecule has 1 atom stereocenters. The van der Waals surface area contributed by atoms with E-state index in [1.54, 1.807) is 51.1 Å². The third-order valence-corrected chi connectivity index (χ3v) is 2.98. The fraction of sp³-hybridized carbons (Fsp3) is 0.533. The van der Waals surface area contributed by atoms with Crippen molar-refractivity contribution in [2.75, 3.05) is 13.2 Å². The minimum absolute atomic E-state index is 0.125. The number of ether oxygens (including phenoxy) is 1. The van der Waals surface area contributed by atoms with Crippen LogP contribution in [0.25, 0.3) is 0 Å². The zero-order chi connectivity index (χ0) is 16.0. The molecule has 0 saturated heterocycles. The minimum Gasteiger partial charge on any atom is -0.465 e. The Hall–Kier alpha value is -1.56. The number of hydrogen-bond donors (Lipinski definition) is 0. The smallest absolute Gasteiger partial charge is 0.401 e. The van der Waals surface area contributed by atoms with Gasteiger partial charge in [-0.25, -0.2) is 4.79 Å². The number of esters is 1. The van der Waals surface area contributed by atoms with Crippen LogP contribution in [-0.2, 0) is 9.53 Å². The highest BCUT2D eigenvalue weighted by atomic mass is 19.4. The molecule has 0 heterocycles. The van der Waals surface area contributed by atoms with Crippen molar-refractivity contribution in [2.24, 2.45) is 0 Å². The number of rotatable bonds is 6. The van der Waals surface area contributed by atoms with Gasteiger partial charge in [-0.05, 0) is 26.3 Å². The fourth-order valence-electron chi connectivity index (χ4n) is 2.10. The Bertz CT molecular complexity index is 446. The number of nitrogens with zero attached hydrogens (tertiary/aromatic N) is 1. The molecule has 0 spiro atoms. The molecule has 0 radical (unpaired) electrons. The maximum atomic E-state index is 12.8. The molecule has 0 amide bonds. The van der Waals surface area contributed by atoms with E-state index in [0.29, 0.717) is 5.56 Å². The van der Waals surface area contributed by atoms with Crippen LogP contribution in [-0.4, -0.2) is 36.2 Å². The molecule has 0 aromatic heterocycles. The third-order valence-electron chi connectivity index (χ3n) is 2.98. The van der Waals surface area contributed by atoms with Crippen LogP contribution in [0.1, 0.15) is 32.4 Å². The Morgan fingerprint density at radius 2 is 1.81 bits per heavy atom. The third kappa shape index (κ3) is 5.38. The molecule has 0 aliphatic carbocycles. The summed E-state index contributed by atoms with van der Waals surface area (Å²) in [5, 5.41) is 0. The first-order valence-corrected chi connectivity index (χ1v) is 6.80. The number of alkyl halides is 3. The monoisotopic (exact) mass is 303 g/mol. The van der Waals surface area contributed by atoms with E-state index in [9.17, 15) is 18.0 Å². The standard InChI is InChI=1S/C15H20F3NO2/c1-4-21-14(20)13(12-8-6-5-7-9-12)19(11(2)3)10-15(16,17)18/h5-9,11,13H,4,10H2,1-3H3. The van der Waals surface area contributed by atoms with Gasteiger partial charge in [-0.1, -0.05) is 30.3 Å². The van der Waals surface area contributed by atoms with Gasteiger partial charge in [0.25, 0.3) is 0 Å². The number of halogens is 3.